The van der Waals surface area contributed by atoms with E-state index in [1.54, 1.807) is 6.07 Å². The van der Waals surface area contributed by atoms with Crippen LogP contribution in [-0.2, 0) is 16.0 Å². The van der Waals surface area contributed by atoms with Crippen LogP contribution in [0.5, 0.6) is 0 Å². The molecule has 0 bridgehead atoms. The molecule has 4 N–H and O–H groups in total. The predicted octanol–water partition coefficient (Wildman–Crippen LogP) is 5.49. The summed E-state index contributed by atoms with van der Waals surface area (Å²) in [6, 6.07) is 13.4. The Morgan fingerprint density at radius 1 is 1.12 bits per heavy atom. The number of ether oxygens (including phenoxy) is 2. The van der Waals surface area contributed by atoms with Crippen molar-refractivity contribution in [2.75, 3.05) is 36.9 Å². The van der Waals surface area contributed by atoms with E-state index in [9.17, 15) is 14.9 Å². The van der Waals surface area contributed by atoms with Gasteiger partial charge in [0.2, 0.25) is 11.8 Å². The van der Waals surface area contributed by atoms with Crippen LogP contribution in [0.4, 0.5) is 17.5 Å². The molecule has 2 aliphatic rings. The first-order chi connectivity index (χ1) is 20.9. The average molecular weight is 589 g/mol. The molecule has 2 heterocycles. The molecule has 1 saturated carbocycles. The normalized spacial score (nSPS) is 20.0. The SMILES string of the molecule is Cc1c(CNc2ncc([N+](=O)[O-])c(NC[C@H]3CC[C@H](CN)CC3)n2)cccc1-c1cccc(C(=O)OCC2CCCO2)c1. The second-order valence-electron chi connectivity index (χ2n) is 11.4. The largest absolute Gasteiger partial charge is 0.459 e. The van der Waals surface area contributed by atoms with Crippen molar-refractivity contribution >= 4 is 23.4 Å². The molecule has 5 rings (SSSR count). The summed E-state index contributed by atoms with van der Waals surface area (Å²) in [4.78, 5) is 32.5. The lowest BCUT2D eigenvalue weighted by molar-refractivity contribution is -0.384. The van der Waals surface area contributed by atoms with Crippen LogP contribution in [0.3, 0.4) is 0 Å². The maximum atomic E-state index is 12.7. The molecule has 43 heavy (non-hydrogen) atoms. The van der Waals surface area contributed by atoms with E-state index in [2.05, 4.69) is 20.6 Å². The van der Waals surface area contributed by atoms with Gasteiger partial charge in [0.1, 0.15) is 12.8 Å². The molecule has 11 heteroatoms. The van der Waals surface area contributed by atoms with Gasteiger partial charge in [-0.1, -0.05) is 30.3 Å². The standard InChI is InChI=1S/C32H40N6O5/c1-21-26(7-3-9-28(21)24-5-2-6-25(15-24)31(39)43-20-27-8-4-14-42-27)18-35-32-36-19-29(38(40)41)30(37-32)34-17-23-12-10-22(16-33)11-13-23/h2-3,5-7,9,15,19,22-23,27H,4,8,10-14,16-18,20,33H2,1H3,(H2,34,35,36,37)/t22-,23-,27?. The van der Waals surface area contributed by atoms with Gasteiger partial charge in [0.15, 0.2) is 0 Å². The second-order valence-corrected chi connectivity index (χ2v) is 11.4. The Balaban J connectivity index is 1.24. The molecule has 1 aromatic heterocycles. The number of benzene rings is 2. The molecule has 1 unspecified atom stereocenters. The maximum Gasteiger partial charge on any atom is 0.338 e. The lowest BCUT2D eigenvalue weighted by atomic mass is 9.82. The monoisotopic (exact) mass is 588 g/mol. The number of carbonyl (C=O) groups is 1. The highest BCUT2D eigenvalue weighted by Gasteiger charge is 2.23. The van der Waals surface area contributed by atoms with Crippen LogP contribution in [0.25, 0.3) is 11.1 Å². The topological polar surface area (TPSA) is 155 Å². The number of carbonyl (C=O) groups excluding carboxylic acids is 1. The van der Waals surface area contributed by atoms with Gasteiger partial charge in [-0.15, -0.1) is 0 Å². The fraction of sp³-hybridized carbons (Fsp3) is 0.469. The molecule has 0 radical (unpaired) electrons. The number of esters is 1. The Kier molecular flexibility index (Phi) is 10.2. The Morgan fingerprint density at radius 3 is 2.65 bits per heavy atom. The second kappa shape index (κ2) is 14.4. The molecule has 1 aliphatic carbocycles. The molecule has 1 aliphatic heterocycles. The van der Waals surface area contributed by atoms with Crippen molar-refractivity contribution in [1.82, 2.24) is 9.97 Å². The lowest BCUT2D eigenvalue weighted by Gasteiger charge is -2.27. The summed E-state index contributed by atoms with van der Waals surface area (Å²) in [5.41, 5.74) is 10.1. The Bertz CT molecular complexity index is 1420. The van der Waals surface area contributed by atoms with Gasteiger partial charge in [-0.05, 0) is 98.2 Å². The van der Waals surface area contributed by atoms with Crippen molar-refractivity contribution in [2.24, 2.45) is 17.6 Å². The number of nitrogens with zero attached hydrogens (tertiary/aromatic N) is 3. The number of nitro groups is 1. The highest BCUT2D eigenvalue weighted by molar-refractivity contribution is 5.91. The van der Waals surface area contributed by atoms with Gasteiger partial charge in [0.25, 0.3) is 0 Å². The molecule has 0 spiro atoms. The van der Waals surface area contributed by atoms with E-state index in [4.69, 9.17) is 15.2 Å². The number of nitrogens with two attached hydrogens (primary N) is 1. The Morgan fingerprint density at radius 2 is 1.91 bits per heavy atom. The number of anilines is 2. The summed E-state index contributed by atoms with van der Waals surface area (Å²) in [5.74, 6) is 1.17. The van der Waals surface area contributed by atoms with E-state index in [0.29, 0.717) is 49.6 Å². The van der Waals surface area contributed by atoms with Crippen molar-refractivity contribution in [3.05, 3.63) is 75.5 Å². The summed E-state index contributed by atoms with van der Waals surface area (Å²) >= 11 is 0. The van der Waals surface area contributed by atoms with Crippen LogP contribution >= 0.6 is 0 Å². The van der Waals surface area contributed by atoms with Crippen molar-refractivity contribution in [2.45, 2.75) is 58.1 Å². The van der Waals surface area contributed by atoms with Crippen molar-refractivity contribution in [1.29, 1.82) is 0 Å². The minimum atomic E-state index is -0.461. The van der Waals surface area contributed by atoms with Crippen molar-refractivity contribution in [3.8, 4) is 11.1 Å². The van der Waals surface area contributed by atoms with E-state index in [1.807, 2.05) is 43.3 Å². The summed E-state index contributed by atoms with van der Waals surface area (Å²) in [6.07, 6.45) is 7.40. The smallest absolute Gasteiger partial charge is 0.338 e. The third-order valence-electron chi connectivity index (χ3n) is 8.54. The van der Waals surface area contributed by atoms with Crippen LogP contribution in [0.1, 0.15) is 60.0 Å². The average Bonchev–Trinajstić information content (AvgIpc) is 3.56. The zero-order valence-corrected chi connectivity index (χ0v) is 24.6. The van der Waals surface area contributed by atoms with Gasteiger partial charge in [0.05, 0.1) is 16.6 Å². The van der Waals surface area contributed by atoms with Crippen LogP contribution in [0.15, 0.2) is 48.7 Å². The molecule has 2 fully saturated rings. The van der Waals surface area contributed by atoms with E-state index < -0.39 is 4.92 Å². The van der Waals surface area contributed by atoms with Gasteiger partial charge in [-0.25, -0.2) is 9.78 Å². The highest BCUT2D eigenvalue weighted by Crippen LogP contribution is 2.30. The minimum absolute atomic E-state index is 0.0216. The predicted molar refractivity (Wildman–Crippen MR) is 165 cm³/mol. The van der Waals surface area contributed by atoms with Crippen LogP contribution in [-0.4, -0.2) is 53.3 Å². The third kappa shape index (κ3) is 7.85. The fourth-order valence-electron chi connectivity index (χ4n) is 5.84. The molecule has 1 atom stereocenters. The molecular formula is C32H40N6O5. The minimum Gasteiger partial charge on any atom is -0.459 e. The van der Waals surface area contributed by atoms with Gasteiger partial charge >= 0.3 is 11.7 Å². The lowest BCUT2D eigenvalue weighted by Crippen LogP contribution is -2.25. The first kappa shape index (κ1) is 30.4. The van der Waals surface area contributed by atoms with Crippen LogP contribution in [0.2, 0.25) is 0 Å². The Hall–Kier alpha value is -4.09. The van der Waals surface area contributed by atoms with Crippen LogP contribution < -0.4 is 16.4 Å². The van der Waals surface area contributed by atoms with Gasteiger partial charge < -0.3 is 25.8 Å². The summed E-state index contributed by atoms with van der Waals surface area (Å²) in [6.45, 7) is 4.76. The molecule has 11 nitrogen and oxygen atoms in total. The maximum absolute atomic E-state index is 12.7. The Labute approximate surface area is 251 Å². The van der Waals surface area contributed by atoms with Gasteiger partial charge in [-0.3, -0.25) is 10.1 Å². The van der Waals surface area contributed by atoms with E-state index >= 15 is 0 Å². The summed E-state index contributed by atoms with van der Waals surface area (Å²) in [7, 11) is 0. The van der Waals surface area contributed by atoms with E-state index in [1.165, 1.54) is 6.20 Å². The number of rotatable bonds is 12. The fourth-order valence-corrected chi connectivity index (χ4v) is 5.84. The van der Waals surface area contributed by atoms with Crippen LogP contribution in [0, 0.1) is 28.9 Å². The number of hydrogen-bond acceptors (Lipinski definition) is 10. The van der Waals surface area contributed by atoms with Gasteiger partial charge in [-0.2, -0.15) is 4.98 Å². The zero-order chi connectivity index (χ0) is 30.2. The summed E-state index contributed by atoms with van der Waals surface area (Å²) in [5, 5.41) is 18.1. The first-order valence-corrected chi connectivity index (χ1v) is 15.1. The quantitative estimate of drug-likeness (QED) is 0.141. The van der Waals surface area contributed by atoms with E-state index in [-0.39, 0.29) is 30.2 Å². The zero-order valence-electron chi connectivity index (χ0n) is 24.6. The summed E-state index contributed by atoms with van der Waals surface area (Å²) < 4.78 is 11.1. The molecule has 3 aromatic rings. The molecule has 2 aromatic carbocycles. The first-order valence-electron chi connectivity index (χ1n) is 15.1. The molecule has 0 amide bonds. The highest BCUT2D eigenvalue weighted by atomic mass is 16.6. The molecular weight excluding hydrogens is 548 g/mol. The number of aromatic nitrogens is 2. The molecule has 228 valence electrons. The number of hydrogen-bond donors (Lipinski definition) is 3. The van der Waals surface area contributed by atoms with Crippen molar-refractivity contribution < 1.29 is 19.2 Å². The van der Waals surface area contributed by atoms with E-state index in [0.717, 1.165) is 60.8 Å². The van der Waals surface area contributed by atoms with Crippen molar-refractivity contribution in [3.63, 3.8) is 0 Å². The molecule has 1 saturated heterocycles. The number of nitrogens with one attached hydrogen (secondary N) is 2. The third-order valence-corrected chi connectivity index (χ3v) is 8.54. The van der Waals surface area contributed by atoms with Gasteiger partial charge in [0, 0.05) is 19.7 Å².